The van der Waals surface area contributed by atoms with Crippen LogP contribution in [-0.2, 0) is 5.60 Å². The molecule has 0 amide bonds. The molecular formula is C9H10ClNO. The molecule has 1 aromatic rings. The summed E-state index contributed by atoms with van der Waals surface area (Å²) >= 11 is 5.63. The molecule has 1 fully saturated rings. The molecule has 0 unspecified atom stereocenters. The molecule has 64 valence electrons. The van der Waals surface area contributed by atoms with Crippen LogP contribution in [0.15, 0.2) is 18.3 Å². The molecule has 0 bridgehead atoms. The minimum Gasteiger partial charge on any atom is -0.385 e. The third-order valence-corrected chi connectivity index (χ3v) is 2.67. The van der Waals surface area contributed by atoms with Crippen LogP contribution in [0.1, 0.15) is 24.8 Å². The maximum Gasteiger partial charge on any atom is 0.129 e. The third kappa shape index (κ3) is 1.21. The Kier molecular flexibility index (Phi) is 1.81. The van der Waals surface area contributed by atoms with Crippen molar-refractivity contribution in [2.24, 2.45) is 0 Å². The molecule has 1 aliphatic carbocycles. The van der Waals surface area contributed by atoms with E-state index in [0.717, 1.165) is 24.8 Å². The Labute approximate surface area is 76.2 Å². The summed E-state index contributed by atoms with van der Waals surface area (Å²) in [5, 5.41) is 10.4. The molecule has 3 heteroatoms. The highest BCUT2D eigenvalue weighted by molar-refractivity contribution is 6.29. The van der Waals surface area contributed by atoms with Gasteiger partial charge in [-0.15, -0.1) is 0 Å². The Bertz CT molecular complexity index is 279. The lowest BCUT2D eigenvalue weighted by Crippen LogP contribution is -2.33. The van der Waals surface area contributed by atoms with E-state index < -0.39 is 5.60 Å². The Morgan fingerprint density at radius 3 is 2.58 bits per heavy atom. The van der Waals surface area contributed by atoms with Gasteiger partial charge in [0.2, 0.25) is 0 Å². The first-order chi connectivity index (χ1) is 5.71. The van der Waals surface area contributed by atoms with E-state index in [9.17, 15) is 5.11 Å². The van der Waals surface area contributed by atoms with Gasteiger partial charge in [0.05, 0.1) is 5.60 Å². The molecule has 1 aromatic heterocycles. The van der Waals surface area contributed by atoms with E-state index >= 15 is 0 Å². The molecule has 2 nitrogen and oxygen atoms in total. The average Bonchev–Trinajstić information content (AvgIpc) is 2.02. The lowest BCUT2D eigenvalue weighted by Gasteiger charge is -2.36. The summed E-state index contributed by atoms with van der Waals surface area (Å²) in [7, 11) is 0. The van der Waals surface area contributed by atoms with Crippen LogP contribution >= 0.6 is 11.6 Å². The first-order valence-corrected chi connectivity index (χ1v) is 4.43. The quantitative estimate of drug-likeness (QED) is 0.677. The third-order valence-electron chi connectivity index (χ3n) is 2.45. The van der Waals surface area contributed by atoms with Gasteiger partial charge in [-0.25, -0.2) is 4.98 Å². The van der Waals surface area contributed by atoms with Gasteiger partial charge in [0.15, 0.2) is 0 Å². The number of pyridine rings is 1. The molecule has 0 atom stereocenters. The van der Waals surface area contributed by atoms with E-state index in [1.165, 1.54) is 0 Å². The van der Waals surface area contributed by atoms with Crippen molar-refractivity contribution in [2.45, 2.75) is 24.9 Å². The Morgan fingerprint density at radius 2 is 2.17 bits per heavy atom. The van der Waals surface area contributed by atoms with Gasteiger partial charge < -0.3 is 5.11 Å². The second kappa shape index (κ2) is 2.71. The maximum atomic E-state index is 9.89. The summed E-state index contributed by atoms with van der Waals surface area (Å²) in [6.45, 7) is 0. The van der Waals surface area contributed by atoms with E-state index in [0.29, 0.717) is 5.15 Å². The number of halogens is 1. The summed E-state index contributed by atoms with van der Waals surface area (Å²) in [5.41, 5.74) is 0.274. The summed E-state index contributed by atoms with van der Waals surface area (Å²) in [6.07, 6.45) is 4.44. The molecule has 0 aromatic carbocycles. The van der Waals surface area contributed by atoms with E-state index in [2.05, 4.69) is 4.98 Å². The van der Waals surface area contributed by atoms with Crippen LogP contribution < -0.4 is 0 Å². The van der Waals surface area contributed by atoms with Gasteiger partial charge in [-0.2, -0.15) is 0 Å². The van der Waals surface area contributed by atoms with Crippen molar-refractivity contribution in [3.05, 3.63) is 29.0 Å². The summed E-state index contributed by atoms with van der Waals surface area (Å²) in [4.78, 5) is 3.93. The smallest absolute Gasteiger partial charge is 0.129 e. The highest BCUT2D eigenvalue weighted by Gasteiger charge is 2.36. The zero-order valence-corrected chi connectivity index (χ0v) is 7.38. The zero-order valence-electron chi connectivity index (χ0n) is 6.63. The standard InChI is InChI=1S/C9H10ClNO/c10-8-3-2-7(6-11-8)9(12)4-1-5-9/h2-3,6,12H,1,4-5H2. The van der Waals surface area contributed by atoms with Gasteiger partial charge >= 0.3 is 0 Å². The molecule has 0 spiro atoms. The van der Waals surface area contributed by atoms with Crippen LogP contribution in [-0.4, -0.2) is 10.1 Å². The summed E-state index contributed by atoms with van der Waals surface area (Å²) < 4.78 is 0. The van der Waals surface area contributed by atoms with Crippen molar-refractivity contribution >= 4 is 11.6 Å². The van der Waals surface area contributed by atoms with Crippen LogP contribution in [0, 0.1) is 0 Å². The molecule has 0 saturated heterocycles. The zero-order chi connectivity index (χ0) is 8.60. The van der Waals surface area contributed by atoms with E-state index in [1.54, 1.807) is 12.3 Å². The molecule has 2 rings (SSSR count). The summed E-state index contributed by atoms with van der Waals surface area (Å²) in [5.74, 6) is 0. The second-order valence-corrected chi connectivity index (χ2v) is 3.64. The molecule has 0 radical (unpaired) electrons. The number of aromatic nitrogens is 1. The number of nitrogens with zero attached hydrogens (tertiary/aromatic N) is 1. The average molecular weight is 184 g/mol. The number of hydrogen-bond donors (Lipinski definition) is 1. The molecule has 12 heavy (non-hydrogen) atoms. The van der Waals surface area contributed by atoms with Crippen LogP contribution in [0.2, 0.25) is 5.15 Å². The van der Waals surface area contributed by atoms with Crippen molar-refractivity contribution in [1.29, 1.82) is 0 Å². The predicted molar refractivity (Wildman–Crippen MR) is 47.0 cm³/mol. The second-order valence-electron chi connectivity index (χ2n) is 3.25. The number of aliphatic hydroxyl groups is 1. The van der Waals surface area contributed by atoms with Crippen LogP contribution in [0.5, 0.6) is 0 Å². The van der Waals surface area contributed by atoms with Crippen molar-refractivity contribution in [3.8, 4) is 0 Å². The largest absolute Gasteiger partial charge is 0.385 e. The van der Waals surface area contributed by atoms with Gasteiger partial charge in [0.25, 0.3) is 0 Å². The molecule has 1 aliphatic rings. The monoisotopic (exact) mass is 183 g/mol. The minimum absolute atomic E-state index is 0.474. The highest BCUT2D eigenvalue weighted by Crippen LogP contribution is 2.40. The van der Waals surface area contributed by atoms with Crippen molar-refractivity contribution in [2.75, 3.05) is 0 Å². The Hall–Kier alpha value is -0.600. The van der Waals surface area contributed by atoms with E-state index in [1.807, 2.05) is 6.07 Å². The first-order valence-electron chi connectivity index (χ1n) is 4.05. The van der Waals surface area contributed by atoms with Gasteiger partial charge in [0.1, 0.15) is 5.15 Å². The molecular weight excluding hydrogens is 174 g/mol. The fraction of sp³-hybridized carbons (Fsp3) is 0.444. The van der Waals surface area contributed by atoms with Crippen molar-refractivity contribution in [1.82, 2.24) is 4.98 Å². The first kappa shape index (κ1) is 8.02. The van der Waals surface area contributed by atoms with Crippen molar-refractivity contribution in [3.63, 3.8) is 0 Å². The molecule has 1 heterocycles. The fourth-order valence-electron chi connectivity index (χ4n) is 1.45. The Balaban J connectivity index is 2.28. The van der Waals surface area contributed by atoms with Gasteiger partial charge in [-0.1, -0.05) is 17.7 Å². The van der Waals surface area contributed by atoms with E-state index in [-0.39, 0.29) is 0 Å². The van der Waals surface area contributed by atoms with Crippen LogP contribution in [0.3, 0.4) is 0 Å². The molecule has 1 saturated carbocycles. The highest BCUT2D eigenvalue weighted by atomic mass is 35.5. The topological polar surface area (TPSA) is 33.1 Å². The van der Waals surface area contributed by atoms with Gasteiger partial charge in [0, 0.05) is 11.8 Å². The lowest BCUT2D eigenvalue weighted by molar-refractivity contribution is -0.0390. The normalized spacial score (nSPS) is 20.2. The van der Waals surface area contributed by atoms with E-state index in [4.69, 9.17) is 11.6 Å². The Morgan fingerprint density at radius 1 is 1.42 bits per heavy atom. The molecule has 1 N–H and O–H groups in total. The molecule has 0 aliphatic heterocycles. The van der Waals surface area contributed by atoms with Crippen LogP contribution in [0.4, 0.5) is 0 Å². The fourth-order valence-corrected chi connectivity index (χ4v) is 1.56. The predicted octanol–water partition coefficient (Wildman–Crippen LogP) is 2.11. The lowest BCUT2D eigenvalue weighted by atomic mass is 9.76. The van der Waals surface area contributed by atoms with Crippen molar-refractivity contribution < 1.29 is 5.11 Å². The summed E-state index contributed by atoms with van der Waals surface area (Å²) in [6, 6.07) is 3.56. The minimum atomic E-state index is -0.614. The van der Waals surface area contributed by atoms with Gasteiger partial charge in [-0.3, -0.25) is 0 Å². The SMILES string of the molecule is OC1(c2ccc(Cl)nc2)CCC1. The number of rotatable bonds is 1. The van der Waals surface area contributed by atoms with Crippen LogP contribution in [0.25, 0.3) is 0 Å². The number of hydrogen-bond acceptors (Lipinski definition) is 2. The van der Waals surface area contributed by atoms with Gasteiger partial charge in [-0.05, 0) is 25.3 Å². The maximum absolute atomic E-state index is 9.89.